The van der Waals surface area contributed by atoms with Gasteiger partial charge in [-0.05, 0) is 49.7 Å². The zero-order chi connectivity index (χ0) is 24.8. The normalized spacial score (nSPS) is 11.3. The number of benzene rings is 3. The largest absolute Gasteiger partial charge is 0.495 e. The Balaban J connectivity index is 1.75. The number of methoxy groups -OCH3 is 1. The molecule has 2 amide bonds. The minimum atomic E-state index is -1.14. The molecule has 0 radical (unpaired) electrons. The van der Waals surface area contributed by atoms with Gasteiger partial charge in [-0.1, -0.05) is 41.9 Å². The second-order valence-electron chi connectivity index (χ2n) is 7.58. The van der Waals surface area contributed by atoms with Crippen molar-refractivity contribution in [3.8, 4) is 5.75 Å². The van der Waals surface area contributed by atoms with Gasteiger partial charge in [0, 0.05) is 23.8 Å². The Morgan fingerprint density at radius 3 is 2.24 bits per heavy atom. The Morgan fingerprint density at radius 1 is 0.971 bits per heavy atom. The fourth-order valence-corrected chi connectivity index (χ4v) is 3.39. The van der Waals surface area contributed by atoms with Crippen molar-refractivity contribution >= 4 is 40.8 Å². The number of carbonyl (C=O) groups excluding carboxylic acids is 3. The zero-order valence-corrected chi connectivity index (χ0v) is 20.1. The minimum Gasteiger partial charge on any atom is -0.495 e. The number of anilines is 2. The van der Waals surface area contributed by atoms with Crippen LogP contribution < -0.4 is 15.0 Å². The number of halogens is 1. The first kappa shape index (κ1) is 24.8. The van der Waals surface area contributed by atoms with E-state index in [9.17, 15) is 14.4 Å². The molecule has 0 fully saturated rings. The van der Waals surface area contributed by atoms with Gasteiger partial charge in [-0.3, -0.25) is 9.59 Å². The lowest BCUT2D eigenvalue weighted by Gasteiger charge is -2.20. The van der Waals surface area contributed by atoms with E-state index < -0.39 is 18.0 Å². The number of hydrogen-bond acceptors (Lipinski definition) is 5. The van der Waals surface area contributed by atoms with Crippen molar-refractivity contribution in [3.63, 3.8) is 0 Å². The van der Waals surface area contributed by atoms with Gasteiger partial charge < -0.3 is 19.7 Å². The van der Waals surface area contributed by atoms with Crippen LogP contribution in [0.3, 0.4) is 0 Å². The molecule has 0 aliphatic heterocycles. The van der Waals surface area contributed by atoms with Crippen molar-refractivity contribution < 1.29 is 23.9 Å². The monoisotopic (exact) mass is 480 g/mol. The first-order valence-electron chi connectivity index (χ1n) is 10.5. The third-order valence-electron chi connectivity index (χ3n) is 5.22. The second kappa shape index (κ2) is 10.9. The molecule has 0 saturated carbocycles. The molecule has 7 nitrogen and oxygen atoms in total. The SMILES string of the molecule is COc1cc(Cl)c(C)cc1NC(=O)C(C)OC(=O)c1ccccc1C(=O)N(C)c1ccccc1. The van der Waals surface area contributed by atoms with Crippen molar-refractivity contribution in [3.05, 3.63) is 88.4 Å². The lowest BCUT2D eigenvalue weighted by Crippen LogP contribution is -2.32. The summed E-state index contributed by atoms with van der Waals surface area (Å²) in [5.74, 6) is -1.34. The van der Waals surface area contributed by atoms with Gasteiger partial charge in [0.15, 0.2) is 6.10 Å². The molecule has 3 aromatic carbocycles. The predicted octanol–water partition coefficient (Wildman–Crippen LogP) is 5.12. The van der Waals surface area contributed by atoms with E-state index in [1.807, 2.05) is 18.2 Å². The number of rotatable bonds is 7. The van der Waals surface area contributed by atoms with Gasteiger partial charge in [0.05, 0.1) is 23.9 Å². The Labute approximate surface area is 203 Å². The summed E-state index contributed by atoms with van der Waals surface area (Å²) in [5, 5.41) is 3.18. The molecular weight excluding hydrogens is 456 g/mol. The predicted molar refractivity (Wildman–Crippen MR) is 132 cm³/mol. The molecule has 176 valence electrons. The van der Waals surface area contributed by atoms with Crippen LogP contribution in [0, 0.1) is 6.92 Å². The van der Waals surface area contributed by atoms with Gasteiger partial charge in [-0.2, -0.15) is 0 Å². The molecule has 0 aliphatic rings. The van der Waals surface area contributed by atoms with Gasteiger partial charge in [0.2, 0.25) is 0 Å². The molecular formula is C26H25ClN2O5. The highest BCUT2D eigenvalue weighted by Crippen LogP contribution is 2.31. The van der Waals surface area contributed by atoms with Gasteiger partial charge in [0.25, 0.3) is 11.8 Å². The van der Waals surface area contributed by atoms with E-state index in [4.69, 9.17) is 21.1 Å². The first-order chi connectivity index (χ1) is 16.2. The number of aryl methyl sites for hydroxylation is 1. The molecule has 3 rings (SSSR count). The topological polar surface area (TPSA) is 84.9 Å². The van der Waals surface area contributed by atoms with Crippen molar-refractivity contribution in [1.29, 1.82) is 0 Å². The number of esters is 1. The standard InChI is InChI=1S/C26H25ClN2O5/c1-16-14-22(23(33-4)15-21(16)27)28-24(30)17(2)34-26(32)20-13-9-8-12-19(20)25(31)29(3)18-10-6-5-7-11-18/h5-15,17H,1-4H3,(H,28,30). The molecule has 1 atom stereocenters. The Bertz CT molecular complexity index is 1210. The summed E-state index contributed by atoms with van der Waals surface area (Å²) in [5.41, 5.74) is 2.06. The first-order valence-corrected chi connectivity index (χ1v) is 10.9. The summed E-state index contributed by atoms with van der Waals surface area (Å²) < 4.78 is 10.6. The zero-order valence-electron chi connectivity index (χ0n) is 19.3. The summed E-state index contributed by atoms with van der Waals surface area (Å²) in [6, 6.07) is 18.6. The van der Waals surface area contributed by atoms with Crippen LogP contribution in [0.5, 0.6) is 5.75 Å². The van der Waals surface area contributed by atoms with Gasteiger partial charge in [-0.25, -0.2) is 4.79 Å². The van der Waals surface area contributed by atoms with E-state index in [2.05, 4.69) is 5.32 Å². The molecule has 0 heterocycles. The van der Waals surface area contributed by atoms with Crippen LogP contribution in [-0.2, 0) is 9.53 Å². The quantitative estimate of drug-likeness (QED) is 0.474. The van der Waals surface area contributed by atoms with Crippen molar-refractivity contribution in [1.82, 2.24) is 0 Å². The number of para-hydroxylation sites is 1. The maximum absolute atomic E-state index is 13.1. The van der Waals surface area contributed by atoms with Crippen LogP contribution in [0.25, 0.3) is 0 Å². The number of carbonyl (C=O) groups is 3. The smallest absolute Gasteiger partial charge is 0.339 e. The maximum atomic E-state index is 13.1. The number of nitrogens with one attached hydrogen (secondary N) is 1. The molecule has 0 spiro atoms. The molecule has 1 N–H and O–H groups in total. The fourth-order valence-electron chi connectivity index (χ4n) is 3.24. The minimum absolute atomic E-state index is 0.0647. The molecule has 0 aromatic heterocycles. The second-order valence-corrected chi connectivity index (χ2v) is 7.99. The molecule has 0 saturated heterocycles. The molecule has 3 aromatic rings. The van der Waals surface area contributed by atoms with Crippen LogP contribution in [0.4, 0.5) is 11.4 Å². The van der Waals surface area contributed by atoms with Crippen molar-refractivity contribution in [2.24, 2.45) is 0 Å². The third kappa shape index (κ3) is 5.55. The van der Waals surface area contributed by atoms with E-state index in [0.29, 0.717) is 22.1 Å². The molecule has 0 bridgehead atoms. The van der Waals surface area contributed by atoms with Crippen LogP contribution in [-0.4, -0.2) is 38.0 Å². The summed E-state index contributed by atoms with van der Waals surface area (Å²) in [7, 11) is 3.08. The van der Waals surface area contributed by atoms with Gasteiger partial charge in [-0.15, -0.1) is 0 Å². The van der Waals surface area contributed by atoms with Gasteiger partial charge >= 0.3 is 5.97 Å². The average molecular weight is 481 g/mol. The molecule has 34 heavy (non-hydrogen) atoms. The number of amides is 2. The highest BCUT2D eigenvalue weighted by Gasteiger charge is 2.25. The van der Waals surface area contributed by atoms with E-state index in [1.54, 1.807) is 56.4 Å². The molecule has 1 unspecified atom stereocenters. The maximum Gasteiger partial charge on any atom is 0.339 e. The van der Waals surface area contributed by atoms with E-state index in [0.717, 1.165) is 5.56 Å². The van der Waals surface area contributed by atoms with E-state index in [-0.39, 0.29) is 17.0 Å². The van der Waals surface area contributed by atoms with Crippen LogP contribution in [0.15, 0.2) is 66.7 Å². The van der Waals surface area contributed by atoms with Crippen LogP contribution >= 0.6 is 11.6 Å². The van der Waals surface area contributed by atoms with Crippen LogP contribution in [0.2, 0.25) is 5.02 Å². The Hall–Kier alpha value is -3.84. The van der Waals surface area contributed by atoms with E-state index >= 15 is 0 Å². The summed E-state index contributed by atoms with van der Waals surface area (Å²) in [6.07, 6.45) is -1.14. The summed E-state index contributed by atoms with van der Waals surface area (Å²) in [4.78, 5) is 40.1. The lowest BCUT2D eigenvalue weighted by atomic mass is 10.1. The summed E-state index contributed by atoms with van der Waals surface area (Å²) >= 11 is 6.11. The average Bonchev–Trinajstić information content (AvgIpc) is 2.85. The fraction of sp³-hybridized carbons (Fsp3) is 0.192. The Kier molecular flexibility index (Phi) is 7.91. The third-order valence-corrected chi connectivity index (χ3v) is 5.62. The van der Waals surface area contributed by atoms with Crippen molar-refractivity contribution in [2.45, 2.75) is 20.0 Å². The number of ether oxygens (including phenoxy) is 2. The number of nitrogens with zero attached hydrogens (tertiary/aromatic N) is 1. The summed E-state index contributed by atoms with van der Waals surface area (Å²) in [6.45, 7) is 3.24. The number of hydrogen-bond donors (Lipinski definition) is 1. The highest BCUT2D eigenvalue weighted by atomic mass is 35.5. The highest BCUT2D eigenvalue weighted by molar-refractivity contribution is 6.31. The van der Waals surface area contributed by atoms with Gasteiger partial charge in [0.1, 0.15) is 5.75 Å². The van der Waals surface area contributed by atoms with Crippen LogP contribution in [0.1, 0.15) is 33.2 Å². The lowest BCUT2D eigenvalue weighted by molar-refractivity contribution is -0.123. The molecule has 8 heteroatoms. The van der Waals surface area contributed by atoms with Crippen molar-refractivity contribution in [2.75, 3.05) is 24.4 Å². The van der Waals surface area contributed by atoms with E-state index in [1.165, 1.54) is 25.0 Å². The Morgan fingerprint density at radius 2 is 1.59 bits per heavy atom. The molecule has 0 aliphatic carbocycles.